The third-order valence-electron chi connectivity index (χ3n) is 3.73. The van der Waals surface area contributed by atoms with Gasteiger partial charge in [-0.05, 0) is 30.3 Å². The first kappa shape index (κ1) is 21.5. The number of hydrogen-bond acceptors (Lipinski definition) is 3. The molecule has 3 aromatic rings. The highest BCUT2D eigenvalue weighted by atomic mass is 35.5. The number of halogens is 4. The molecular weight excluding hydrogens is 434 g/mol. The van der Waals surface area contributed by atoms with Crippen molar-refractivity contribution in [2.24, 2.45) is 0 Å². The quantitative estimate of drug-likeness (QED) is 0.539. The van der Waals surface area contributed by atoms with Crippen LogP contribution in [0.15, 0.2) is 42.5 Å². The zero-order valence-electron chi connectivity index (χ0n) is 13.9. The molecule has 0 aliphatic heterocycles. The van der Waals surface area contributed by atoms with Gasteiger partial charge in [0.2, 0.25) is 0 Å². The summed E-state index contributed by atoms with van der Waals surface area (Å²) in [5, 5.41) is 15.2. The van der Waals surface area contributed by atoms with Crippen molar-refractivity contribution in [3.63, 3.8) is 0 Å². The molecule has 1 aromatic heterocycles. The van der Waals surface area contributed by atoms with Crippen LogP contribution in [0.4, 0.5) is 0 Å². The second-order valence-electron chi connectivity index (χ2n) is 5.43. The Bertz CT molecular complexity index is 971. The minimum Gasteiger partial charge on any atom is -0.476 e. The van der Waals surface area contributed by atoms with Gasteiger partial charge < -0.3 is 9.84 Å². The summed E-state index contributed by atoms with van der Waals surface area (Å²) >= 11 is 18.3. The molecule has 0 saturated heterocycles. The fourth-order valence-corrected chi connectivity index (χ4v) is 3.25. The first-order valence-electron chi connectivity index (χ1n) is 7.48. The number of aromatic carboxylic acids is 1. The van der Waals surface area contributed by atoms with Gasteiger partial charge >= 0.3 is 5.97 Å². The smallest absolute Gasteiger partial charge is 0.356 e. The molecule has 0 fully saturated rings. The standard InChI is InChI=1S/C18H13Cl3N2O3.ClH/c1-26-9-13-16(18(24)25)22-23(15-7-6-12(20)8-14(15)21)17(13)10-2-4-11(19)5-3-10;/h2-8H,9H2,1H3,(H,24,25);1H. The molecular formula is C18H14Cl4N2O3. The van der Waals surface area contributed by atoms with E-state index in [1.165, 1.54) is 11.8 Å². The van der Waals surface area contributed by atoms with Gasteiger partial charge in [-0.25, -0.2) is 9.48 Å². The van der Waals surface area contributed by atoms with Crippen LogP contribution in [0.5, 0.6) is 0 Å². The van der Waals surface area contributed by atoms with Crippen molar-refractivity contribution in [1.82, 2.24) is 9.78 Å². The molecule has 2 aromatic carbocycles. The highest BCUT2D eigenvalue weighted by molar-refractivity contribution is 6.35. The van der Waals surface area contributed by atoms with E-state index in [0.29, 0.717) is 32.0 Å². The molecule has 0 aliphatic carbocycles. The van der Waals surface area contributed by atoms with Gasteiger partial charge in [0.15, 0.2) is 5.69 Å². The van der Waals surface area contributed by atoms with E-state index in [0.717, 1.165) is 5.56 Å². The van der Waals surface area contributed by atoms with Crippen LogP contribution in [0.3, 0.4) is 0 Å². The van der Waals surface area contributed by atoms with Gasteiger partial charge in [0.25, 0.3) is 0 Å². The van der Waals surface area contributed by atoms with E-state index in [-0.39, 0.29) is 24.7 Å². The number of carbonyl (C=O) groups is 1. The maximum absolute atomic E-state index is 11.7. The molecule has 0 spiro atoms. The van der Waals surface area contributed by atoms with Crippen LogP contribution in [0.1, 0.15) is 16.1 Å². The molecule has 0 unspecified atom stereocenters. The Morgan fingerprint density at radius 1 is 1.11 bits per heavy atom. The van der Waals surface area contributed by atoms with Gasteiger partial charge in [0.1, 0.15) is 0 Å². The summed E-state index contributed by atoms with van der Waals surface area (Å²) in [6, 6.07) is 11.9. The molecule has 0 saturated carbocycles. The van der Waals surface area contributed by atoms with E-state index >= 15 is 0 Å². The average molecular weight is 448 g/mol. The Morgan fingerprint density at radius 3 is 2.30 bits per heavy atom. The molecule has 5 nitrogen and oxygen atoms in total. The number of benzene rings is 2. The Kier molecular flexibility index (Phi) is 7.14. The van der Waals surface area contributed by atoms with E-state index in [2.05, 4.69) is 5.10 Å². The predicted molar refractivity (Wildman–Crippen MR) is 109 cm³/mol. The lowest BCUT2D eigenvalue weighted by atomic mass is 10.1. The zero-order valence-corrected chi connectivity index (χ0v) is 17.0. The van der Waals surface area contributed by atoms with Crippen molar-refractivity contribution in [2.75, 3.05) is 7.11 Å². The maximum Gasteiger partial charge on any atom is 0.356 e. The Labute approximate surface area is 176 Å². The molecule has 0 atom stereocenters. The molecule has 1 heterocycles. The number of methoxy groups -OCH3 is 1. The molecule has 3 rings (SSSR count). The largest absolute Gasteiger partial charge is 0.476 e. The van der Waals surface area contributed by atoms with Gasteiger partial charge in [-0.2, -0.15) is 5.10 Å². The van der Waals surface area contributed by atoms with E-state index in [1.807, 2.05) is 0 Å². The topological polar surface area (TPSA) is 64.3 Å². The highest BCUT2D eigenvalue weighted by Gasteiger charge is 2.25. The molecule has 9 heteroatoms. The first-order valence-corrected chi connectivity index (χ1v) is 8.61. The molecule has 0 aliphatic rings. The molecule has 27 heavy (non-hydrogen) atoms. The zero-order chi connectivity index (χ0) is 18.8. The minimum atomic E-state index is -1.16. The van der Waals surface area contributed by atoms with Gasteiger partial charge in [0.05, 0.1) is 23.0 Å². The van der Waals surface area contributed by atoms with Crippen LogP contribution in [0, 0.1) is 0 Å². The lowest BCUT2D eigenvalue weighted by Gasteiger charge is -2.11. The van der Waals surface area contributed by atoms with Crippen molar-refractivity contribution in [2.45, 2.75) is 6.61 Å². The van der Waals surface area contributed by atoms with Crippen molar-refractivity contribution in [1.29, 1.82) is 0 Å². The van der Waals surface area contributed by atoms with Gasteiger partial charge in [0, 0.05) is 28.3 Å². The summed E-state index contributed by atoms with van der Waals surface area (Å²) in [6.45, 7) is 0.0742. The Balaban J connectivity index is 0.00000261. The van der Waals surface area contributed by atoms with E-state index in [9.17, 15) is 9.90 Å². The highest BCUT2D eigenvalue weighted by Crippen LogP contribution is 2.34. The third kappa shape index (κ3) is 4.39. The molecule has 0 radical (unpaired) electrons. The van der Waals surface area contributed by atoms with Crippen LogP contribution in [-0.4, -0.2) is 28.0 Å². The minimum absolute atomic E-state index is 0. The van der Waals surface area contributed by atoms with Crippen molar-refractivity contribution in [3.05, 3.63) is 68.8 Å². The normalized spacial score (nSPS) is 10.5. The number of hydrogen-bond donors (Lipinski definition) is 1. The van der Waals surface area contributed by atoms with Gasteiger partial charge in [-0.3, -0.25) is 0 Å². The summed E-state index contributed by atoms with van der Waals surface area (Å²) in [4.78, 5) is 11.7. The summed E-state index contributed by atoms with van der Waals surface area (Å²) in [7, 11) is 1.49. The van der Waals surface area contributed by atoms with Crippen molar-refractivity contribution < 1.29 is 14.6 Å². The van der Waals surface area contributed by atoms with Gasteiger partial charge in [-0.15, -0.1) is 12.4 Å². The average Bonchev–Trinajstić information content (AvgIpc) is 2.95. The molecule has 142 valence electrons. The lowest BCUT2D eigenvalue weighted by Crippen LogP contribution is -2.03. The number of carboxylic acid groups (broad SMARTS) is 1. The second-order valence-corrected chi connectivity index (χ2v) is 6.71. The van der Waals surface area contributed by atoms with E-state index in [4.69, 9.17) is 39.5 Å². The van der Waals surface area contributed by atoms with Crippen molar-refractivity contribution >= 4 is 53.2 Å². The lowest BCUT2D eigenvalue weighted by molar-refractivity contribution is 0.0685. The number of rotatable bonds is 5. The van der Waals surface area contributed by atoms with E-state index < -0.39 is 5.97 Å². The fraction of sp³-hybridized carbons (Fsp3) is 0.111. The Morgan fingerprint density at radius 2 is 1.74 bits per heavy atom. The number of aromatic nitrogens is 2. The monoisotopic (exact) mass is 446 g/mol. The Hall–Kier alpha value is -1.76. The van der Waals surface area contributed by atoms with Gasteiger partial charge in [-0.1, -0.05) is 46.9 Å². The number of carboxylic acids is 1. The predicted octanol–water partition coefficient (Wildman–Crippen LogP) is 5.77. The summed E-state index contributed by atoms with van der Waals surface area (Å²) in [5.74, 6) is -1.16. The van der Waals surface area contributed by atoms with Crippen LogP contribution < -0.4 is 0 Å². The van der Waals surface area contributed by atoms with Crippen LogP contribution in [-0.2, 0) is 11.3 Å². The van der Waals surface area contributed by atoms with Crippen molar-refractivity contribution in [3.8, 4) is 16.9 Å². The summed E-state index contributed by atoms with van der Waals surface area (Å²) < 4.78 is 6.69. The fourth-order valence-electron chi connectivity index (χ4n) is 2.63. The number of ether oxygens (including phenoxy) is 1. The first-order chi connectivity index (χ1) is 12.4. The molecule has 1 N–H and O–H groups in total. The molecule has 0 amide bonds. The molecule has 0 bridgehead atoms. The summed E-state index contributed by atoms with van der Waals surface area (Å²) in [5.41, 5.74) is 2.12. The number of nitrogens with zero attached hydrogens (tertiary/aromatic N) is 2. The van der Waals surface area contributed by atoms with E-state index in [1.54, 1.807) is 42.5 Å². The maximum atomic E-state index is 11.7. The SMILES string of the molecule is COCc1c(C(=O)O)nn(-c2ccc(Cl)cc2Cl)c1-c1ccc(Cl)cc1.Cl. The van der Waals surface area contributed by atoms with Crippen LogP contribution >= 0.6 is 47.2 Å². The second kappa shape index (κ2) is 8.95. The third-order valence-corrected chi connectivity index (χ3v) is 4.52. The summed E-state index contributed by atoms with van der Waals surface area (Å²) in [6.07, 6.45) is 0. The van der Waals surface area contributed by atoms with Crippen LogP contribution in [0.25, 0.3) is 16.9 Å². The van der Waals surface area contributed by atoms with Crippen LogP contribution in [0.2, 0.25) is 15.1 Å².